The second-order valence-corrected chi connectivity index (χ2v) is 7.10. The van der Waals surface area contributed by atoms with E-state index in [0.29, 0.717) is 11.9 Å². The minimum Gasteiger partial charge on any atom is -0.492 e. The molecule has 3 nitrogen and oxygen atoms in total. The van der Waals surface area contributed by atoms with Gasteiger partial charge in [0.15, 0.2) is 0 Å². The summed E-state index contributed by atoms with van der Waals surface area (Å²) in [6, 6.07) is 7.61. The molecule has 1 fully saturated rings. The Morgan fingerprint density at radius 2 is 2.05 bits per heavy atom. The van der Waals surface area contributed by atoms with E-state index in [2.05, 4.69) is 5.32 Å². The van der Waals surface area contributed by atoms with Crippen LogP contribution in [0, 0.1) is 0 Å². The van der Waals surface area contributed by atoms with E-state index in [9.17, 15) is 4.79 Å². The van der Waals surface area contributed by atoms with Crippen molar-refractivity contribution in [3.63, 3.8) is 0 Å². The number of ether oxygens (including phenoxy) is 1. The molecular formula is C17H25NO2S. The highest BCUT2D eigenvalue weighted by atomic mass is 32.2. The zero-order chi connectivity index (χ0) is 15.1. The molecule has 1 aromatic carbocycles. The Balaban J connectivity index is 1.90. The fourth-order valence-electron chi connectivity index (χ4n) is 2.64. The minimum atomic E-state index is -0.0252. The minimum absolute atomic E-state index is 0.0252. The van der Waals surface area contributed by atoms with Crippen molar-refractivity contribution >= 4 is 23.4 Å². The Morgan fingerprint density at radius 3 is 2.76 bits per heavy atom. The lowest BCUT2D eigenvalue weighted by molar-refractivity contribution is -0.115. The summed E-state index contributed by atoms with van der Waals surface area (Å²) in [4.78, 5) is 12.4. The quantitative estimate of drug-likeness (QED) is 0.842. The Kier molecular flexibility index (Phi) is 6.43. The predicted molar refractivity (Wildman–Crippen MR) is 90.2 cm³/mol. The molecule has 1 N–H and O–H groups in total. The third kappa shape index (κ3) is 4.95. The van der Waals surface area contributed by atoms with Crippen LogP contribution in [0.15, 0.2) is 24.3 Å². The van der Waals surface area contributed by atoms with Gasteiger partial charge in [0.25, 0.3) is 0 Å². The highest BCUT2D eigenvalue weighted by molar-refractivity contribution is 8.01. The van der Waals surface area contributed by atoms with Crippen molar-refractivity contribution in [3.05, 3.63) is 24.3 Å². The lowest BCUT2D eigenvalue weighted by Crippen LogP contribution is -2.25. The Labute approximate surface area is 131 Å². The van der Waals surface area contributed by atoms with Crippen LogP contribution >= 0.6 is 11.8 Å². The van der Waals surface area contributed by atoms with Gasteiger partial charge in [0.05, 0.1) is 17.5 Å². The van der Waals surface area contributed by atoms with Gasteiger partial charge in [-0.15, -0.1) is 11.8 Å². The average molecular weight is 307 g/mol. The number of anilines is 1. The number of carbonyl (C=O) groups is 1. The number of benzene rings is 1. The Bertz CT molecular complexity index is 458. The van der Waals surface area contributed by atoms with Crippen LogP contribution in [0.2, 0.25) is 0 Å². The van der Waals surface area contributed by atoms with Crippen molar-refractivity contribution in [2.75, 3.05) is 11.9 Å². The molecule has 2 rings (SSSR count). The fourth-order valence-corrected chi connectivity index (χ4v) is 4.00. The first kappa shape index (κ1) is 16.2. The SMILES string of the molecule is CCOc1ccccc1NC(=O)C(C)SC1CCCCC1. The van der Waals surface area contributed by atoms with Crippen LogP contribution < -0.4 is 10.1 Å². The van der Waals surface area contributed by atoms with Crippen LogP contribution in [0.3, 0.4) is 0 Å². The Hall–Kier alpha value is -1.16. The van der Waals surface area contributed by atoms with Gasteiger partial charge in [-0.3, -0.25) is 4.79 Å². The second-order valence-electron chi connectivity index (χ2n) is 5.46. The van der Waals surface area contributed by atoms with Gasteiger partial charge in [-0.05, 0) is 38.8 Å². The summed E-state index contributed by atoms with van der Waals surface area (Å²) in [6.45, 7) is 4.54. The van der Waals surface area contributed by atoms with Crippen molar-refractivity contribution in [3.8, 4) is 5.75 Å². The summed E-state index contributed by atoms with van der Waals surface area (Å²) in [6.07, 6.45) is 6.45. The van der Waals surface area contributed by atoms with Gasteiger partial charge in [-0.25, -0.2) is 0 Å². The maximum Gasteiger partial charge on any atom is 0.237 e. The normalized spacial score (nSPS) is 17.2. The molecule has 1 unspecified atom stereocenters. The zero-order valence-corrected chi connectivity index (χ0v) is 13.7. The molecule has 0 spiro atoms. The van der Waals surface area contributed by atoms with Gasteiger partial charge in [0.1, 0.15) is 5.75 Å². The van der Waals surface area contributed by atoms with Crippen molar-refractivity contribution < 1.29 is 9.53 Å². The van der Waals surface area contributed by atoms with Gasteiger partial charge in [-0.2, -0.15) is 0 Å². The molecule has 0 aliphatic heterocycles. The highest BCUT2D eigenvalue weighted by Gasteiger charge is 2.22. The van der Waals surface area contributed by atoms with E-state index in [-0.39, 0.29) is 11.2 Å². The van der Waals surface area contributed by atoms with Crippen molar-refractivity contribution in [2.45, 2.75) is 56.5 Å². The highest BCUT2D eigenvalue weighted by Crippen LogP contribution is 2.32. The summed E-state index contributed by atoms with van der Waals surface area (Å²) in [7, 11) is 0. The lowest BCUT2D eigenvalue weighted by atomic mass is 10.0. The van der Waals surface area contributed by atoms with Gasteiger partial charge in [-0.1, -0.05) is 31.4 Å². The number of rotatable bonds is 6. The van der Waals surface area contributed by atoms with Crippen LogP contribution in [-0.2, 0) is 4.79 Å². The van der Waals surface area contributed by atoms with E-state index in [1.54, 1.807) is 0 Å². The molecule has 4 heteroatoms. The van der Waals surface area contributed by atoms with E-state index < -0.39 is 0 Å². The maximum atomic E-state index is 12.4. The molecule has 0 aromatic heterocycles. The van der Waals surface area contributed by atoms with Crippen LogP contribution in [0.4, 0.5) is 5.69 Å². The number of hydrogen-bond acceptors (Lipinski definition) is 3. The molecule has 0 bridgehead atoms. The molecule has 116 valence electrons. The van der Waals surface area contributed by atoms with Crippen LogP contribution in [0.5, 0.6) is 5.75 Å². The van der Waals surface area contributed by atoms with E-state index >= 15 is 0 Å². The number of para-hydroxylation sites is 2. The molecule has 1 aliphatic rings. The van der Waals surface area contributed by atoms with E-state index in [1.807, 2.05) is 49.9 Å². The number of thioether (sulfide) groups is 1. The van der Waals surface area contributed by atoms with Crippen molar-refractivity contribution in [1.82, 2.24) is 0 Å². The third-order valence-corrected chi connectivity index (χ3v) is 5.24. The summed E-state index contributed by atoms with van der Waals surface area (Å²) < 4.78 is 5.55. The van der Waals surface area contributed by atoms with E-state index in [0.717, 1.165) is 11.4 Å². The van der Waals surface area contributed by atoms with Crippen molar-refractivity contribution in [2.24, 2.45) is 0 Å². The molecule has 1 amide bonds. The third-order valence-electron chi connectivity index (χ3n) is 3.76. The molecule has 0 saturated heterocycles. The number of amides is 1. The summed E-state index contributed by atoms with van der Waals surface area (Å²) in [5, 5.41) is 3.62. The van der Waals surface area contributed by atoms with Gasteiger partial charge in [0.2, 0.25) is 5.91 Å². The second kappa shape index (κ2) is 8.32. The summed E-state index contributed by atoms with van der Waals surface area (Å²) in [5.41, 5.74) is 0.764. The molecule has 1 aliphatic carbocycles. The first-order chi connectivity index (χ1) is 10.2. The average Bonchev–Trinajstić information content (AvgIpc) is 2.50. The summed E-state index contributed by atoms with van der Waals surface area (Å²) >= 11 is 1.81. The molecule has 21 heavy (non-hydrogen) atoms. The van der Waals surface area contributed by atoms with Crippen LogP contribution in [0.25, 0.3) is 0 Å². The molecule has 1 aromatic rings. The maximum absolute atomic E-state index is 12.4. The molecular weight excluding hydrogens is 282 g/mol. The fraction of sp³-hybridized carbons (Fsp3) is 0.588. The van der Waals surface area contributed by atoms with Crippen molar-refractivity contribution in [1.29, 1.82) is 0 Å². The number of hydrogen-bond donors (Lipinski definition) is 1. The van der Waals surface area contributed by atoms with Crippen LogP contribution in [-0.4, -0.2) is 23.0 Å². The van der Waals surface area contributed by atoms with Gasteiger partial charge in [0, 0.05) is 5.25 Å². The largest absolute Gasteiger partial charge is 0.492 e. The lowest BCUT2D eigenvalue weighted by Gasteiger charge is -2.24. The van der Waals surface area contributed by atoms with Gasteiger partial charge < -0.3 is 10.1 Å². The number of carbonyl (C=O) groups excluding carboxylic acids is 1. The van der Waals surface area contributed by atoms with Gasteiger partial charge >= 0.3 is 0 Å². The zero-order valence-electron chi connectivity index (χ0n) is 12.9. The summed E-state index contributed by atoms with van der Waals surface area (Å²) in [5.74, 6) is 0.806. The standard InChI is InChI=1S/C17H25NO2S/c1-3-20-16-12-8-7-11-15(16)18-17(19)13(2)21-14-9-5-4-6-10-14/h7-8,11-14H,3-6,9-10H2,1-2H3,(H,18,19). The molecule has 0 heterocycles. The van der Waals surface area contributed by atoms with Crippen LogP contribution in [0.1, 0.15) is 46.0 Å². The molecule has 1 saturated carbocycles. The predicted octanol–water partition coefficient (Wildman–Crippen LogP) is 4.48. The monoisotopic (exact) mass is 307 g/mol. The first-order valence-corrected chi connectivity index (χ1v) is 8.83. The number of nitrogens with one attached hydrogen (secondary N) is 1. The topological polar surface area (TPSA) is 38.3 Å². The smallest absolute Gasteiger partial charge is 0.237 e. The van der Waals surface area contributed by atoms with E-state index in [4.69, 9.17) is 4.74 Å². The Morgan fingerprint density at radius 1 is 1.33 bits per heavy atom. The van der Waals surface area contributed by atoms with E-state index in [1.165, 1.54) is 32.1 Å². The first-order valence-electron chi connectivity index (χ1n) is 7.89. The molecule has 0 radical (unpaired) electrons. The molecule has 1 atom stereocenters.